The van der Waals surface area contributed by atoms with Crippen LogP contribution in [0.1, 0.15) is 42.5 Å². The van der Waals surface area contributed by atoms with Gasteiger partial charge in [0.1, 0.15) is 5.75 Å². The van der Waals surface area contributed by atoms with Gasteiger partial charge in [-0.05, 0) is 75.6 Å². The molecule has 1 unspecified atom stereocenters. The van der Waals surface area contributed by atoms with Crippen LogP contribution in [0.2, 0.25) is 5.02 Å². The third-order valence-corrected chi connectivity index (χ3v) is 6.18. The first-order chi connectivity index (χ1) is 14.8. The number of hydrogen-bond donors (Lipinski definition) is 1. The van der Waals surface area contributed by atoms with E-state index in [1.54, 1.807) is 6.07 Å². The first kappa shape index (κ1) is 23.2. The first-order valence-corrected chi connectivity index (χ1v) is 11.5. The van der Waals surface area contributed by atoms with E-state index in [-0.39, 0.29) is 17.8 Å². The second-order valence-electron chi connectivity index (χ2n) is 7.42. The summed E-state index contributed by atoms with van der Waals surface area (Å²) in [6.07, 6.45) is -0.272. The van der Waals surface area contributed by atoms with Crippen molar-refractivity contribution in [3.8, 4) is 5.75 Å². The molecule has 8 heteroatoms. The standard InChI is InChI=1S/C23H27ClN4O2S/c1-6-28-22(17(5)30-18-11-14(2)10-15(3)12-18)26-27-23(28)31-13-21(29)25-20-9-7-8-19(24)16(20)4/h7-12,17H,6,13H2,1-5H3,(H,25,29). The summed E-state index contributed by atoms with van der Waals surface area (Å²) >= 11 is 7.47. The van der Waals surface area contributed by atoms with Gasteiger partial charge >= 0.3 is 0 Å². The molecule has 0 aliphatic carbocycles. The minimum atomic E-state index is -0.272. The SMILES string of the molecule is CCn1c(SCC(=O)Nc2cccc(Cl)c2C)nnc1C(C)Oc1cc(C)cc(C)c1. The molecule has 1 N–H and O–H groups in total. The average Bonchev–Trinajstić information content (AvgIpc) is 3.12. The van der Waals surface area contributed by atoms with Crippen LogP contribution < -0.4 is 10.1 Å². The Hall–Kier alpha value is -2.51. The van der Waals surface area contributed by atoms with Crippen molar-refractivity contribution in [2.75, 3.05) is 11.1 Å². The van der Waals surface area contributed by atoms with Gasteiger partial charge in [0.25, 0.3) is 0 Å². The highest BCUT2D eigenvalue weighted by Gasteiger charge is 2.20. The van der Waals surface area contributed by atoms with E-state index in [0.29, 0.717) is 22.4 Å². The second-order valence-corrected chi connectivity index (χ2v) is 8.77. The number of rotatable bonds is 8. The van der Waals surface area contributed by atoms with Crippen molar-refractivity contribution in [2.24, 2.45) is 0 Å². The maximum Gasteiger partial charge on any atom is 0.234 e. The van der Waals surface area contributed by atoms with Crippen LogP contribution in [0.15, 0.2) is 41.6 Å². The van der Waals surface area contributed by atoms with Crippen LogP contribution in [0, 0.1) is 20.8 Å². The predicted molar refractivity (Wildman–Crippen MR) is 126 cm³/mol. The maximum atomic E-state index is 12.4. The summed E-state index contributed by atoms with van der Waals surface area (Å²) in [4.78, 5) is 12.4. The highest BCUT2D eigenvalue weighted by atomic mass is 35.5. The van der Waals surface area contributed by atoms with Gasteiger partial charge in [0.05, 0.1) is 5.75 Å². The molecule has 0 aliphatic rings. The molecule has 0 saturated heterocycles. The van der Waals surface area contributed by atoms with E-state index in [4.69, 9.17) is 16.3 Å². The number of aromatic nitrogens is 3. The molecule has 2 aromatic carbocycles. The van der Waals surface area contributed by atoms with Crippen LogP contribution in [0.5, 0.6) is 5.75 Å². The fourth-order valence-corrected chi connectivity index (χ4v) is 4.31. The Morgan fingerprint density at radius 2 is 1.90 bits per heavy atom. The first-order valence-electron chi connectivity index (χ1n) is 10.1. The maximum absolute atomic E-state index is 12.4. The fourth-order valence-electron chi connectivity index (χ4n) is 3.32. The molecule has 0 bridgehead atoms. The summed E-state index contributed by atoms with van der Waals surface area (Å²) in [6.45, 7) is 10.6. The van der Waals surface area contributed by atoms with Crippen molar-refractivity contribution < 1.29 is 9.53 Å². The highest BCUT2D eigenvalue weighted by molar-refractivity contribution is 7.99. The monoisotopic (exact) mass is 458 g/mol. The van der Waals surface area contributed by atoms with Gasteiger partial charge in [-0.2, -0.15) is 0 Å². The molecule has 31 heavy (non-hydrogen) atoms. The zero-order valence-electron chi connectivity index (χ0n) is 18.4. The molecule has 1 heterocycles. The summed E-state index contributed by atoms with van der Waals surface area (Å²) in [7, 11) is 0. The van der Waals surface area contributed by atoms with Gasteiger partial charge in [-0.3, -0.25) is 4.79 Å². The average molecular weight is 459 g/mol. The van der Waals surface area contributed by atoms with E-state index in [1.807, 2.05) is 63.5 Å². The summed E-state index contributed by atoms with van der Waals surface area (Å²) in [6, 6.07) is 11.6. The van der Waals surface area contributed by atoms with Gasteiger partial charge in [-0.1, -0.05) is 35.5 Å². The van der Waals surface area contributed by atoms with Crippen LogP contribution >= 0.6 is 23.4 Å². The van der Waals surface area contributed by atoms with Crippen LogP contribution in [-0.4, -0.2) is 26.4 Å². The molecule has 0 spiro atoms. The zero-order valence-corrected chi connectivity index (χ0v) is 20.0. The molecule has 0 fully saturated rings. The smallest absolute Gasteiger partial charge is 0.234 e. The Kier molecular flexibility index (Phi) is 7.62. The lowest BCUT2D eigenvalue weighted by molar-refractivity contribution is -0.113. The lowest BCUT2D eigenvalue weighted by Crippen LogP contribution is -2.16. The van der Waals surface area contributed by atoms with Gasteiger partial charge in [0.2, 0.25) is 5.91 Å². The zero-order chi connectivity index (χ0) is 22.5. The lowest BCUT2D eigenvalue weighted by Gasteiger charge is -2.16. The number of amides is 1. The summed E-state index contributed by atoms with van der Waals surface area (Å²) < 4.78 is 8.10. The van der Waals surface area contributed by atoms with E-state index in [9.17, 15) is 4.79 Å². The summed E-state index contributed by atoms with van der Waals surface area (Å²) in [5.74, 6) is 1.63. The van der Waals surface area contributed by atoms with E-state index >= 15 is 0 Å². The predicted octanol–water partition coefficient (Wildman–Crippen LogP) is 5.75. The van der Waals surface area contributed by atoms with Gasteiger partial charge < -0.3 is 14.6 Å². The Morgan fingerprint density at radius 1 is 1.19 bits per heavy atom. The van der Waals surface area contributed by atoms with Gasteiger partial charge in [0.15, 0.2) is 17.1 Å². The van der Waals surface area contributed by atoms with Gasteiger partial charge in [-0.15, -0.1) is 10.2 Å². The van der Waals surface area contributed by atoms with Crippen LogP contribution in [0.4, 0.5) is 5.69 Å². The number of carbonyl (C=O) groups is 1. The molecular weight excluding hydrogens is 432 g/mol. The number of nitrogens with zero attached hydrogens (tertiary/aromatic N) is 3. The summed E-state index contributed by atoms with van der Waals surface area (Å²) in [5.41, 5.74) is 3.86. The number of aryl methyl sites for hydroxylation is 2. The van der Waals surface area contributed by atoms with Gasteiger partial charge in [0, 0.05) is 17.3 Å². The number of halogens is 1. The molecule has 0 saturated carbocycles. The number of nitrogens with one attached hydrogen (secondary N) is 1. The van der Waals surface area contributed by atoms with Crippen molar-refractivity contribution in [1.29, 1.82) is 0 Å². The number of ether oxygens (including phenoxy) is 1. The quantitative estimate of drug-likeness (QED) is 0.435. The number of hydrogen-bond acceptors (Lipinski definition) is 5. The number of thioether (sulfide) groups is 1. The Balaban J connectivity index is 1.66. The Labute approximate surface area is 192 Å². The van der Waals surface area contributed by atoms with Crippen LogP contribution in [-0.2, 0) is 11.3 Å². The fraction of sp³-hybridized carbons (Fsp3) is 0.348. The minimum absolute atomic E-state index is 0.123. The van der Waals surface area contributed by atoms with E-state index < -0.39 is 0 Å². The molecule has 6 nitrogen and oxygen atoms in total. The molecular formula is C23H27ClN4O2S. The van der Waals surface area contributed by atoms with Crippen LogP contribution in [0.3, 0.4) is 0 Å². The summed E-state index contributed by atoms with van der Waals surface area (Å²) in [5, 5.41) is 12.8. The van der Waals surface area contributed by atoms with Crippen LogP contribution in [0.25, 0.3) is 0 Å². The molecule has 0 radical (unpaired) electrons. The van der Waals surface area contributed by atoms with Crippen molar-refractivity contribution >= 4 is 35.0 Å². The van der Waals surface area contributed by atoms with Crippen molar-refractivity contribution in [2.45, 2.75) is 52.4 Å². The normalized spacial score (nSPS) is 11.9. The minimum Gasteiger partial charge on any atom is -0.483 e. The van der Waals surface area contributed by atoms with Crippen molar-refractivity contribution in [1.82, 2.24) is 14.8 Å². The molecule has 1 aromatic heterocycles. The Bertz CT molecular complexity index is 1060. The number of anilines is 1. The second kappa shape index (κ2) is 10.2. The third-order valence-electron chi connectivity index (χ3n) is 4.81. The third kappa shape index (κ3) is 5.80. The van der Waals surface area contributed by atoms with Crippen molar-refractivity contribution in [3.05, 3.63) is 63.9 Å². The number of benzene rings is 2. The van der Waals surface area contributed by atoms with Gasteiger partial charge in [-0.25, -0.2) is 0 Å². The van der Waals surface area contributed by atoms with Crippen molar-refractivity contribution in [3.63, 3.8) is 0 Å². The Morgan fingerprint density at radius 3 is 2.58 bits per heavy atom. The molecule has 3 aromatic rings. The number of carbonyl (C=O) groups excluding carboxylic acids is 1. The molecule has 1 amide bonds. The molecule has 164 valence electrons. The van der Waals surface area contributed by atoms with E-state index in [1.165, 1.54) is 11.8 Å². The topological polar surface area (TPSA) is 69.0 Å². The van der Waals surface area contributed by atoms with E-state index in [2.05, 4.69) is 21.6 Å². The lowest BCUT2D eigenvalue weighted by atomic mass is 10.1. The molecule has 3 rings (SSSR count). The highest BCUT2D eigenvalue weighted by Crippen LogP contribution is 2.27. The largest absolute Gasteiger partial charge is 0.483 e. The molecule has 1 atom stereocenters. The van der Waals surface area contributed by atoms with E-state index in [0.717, 1.165) is 28.3 Å². The molecule has 0 aliphatic heterocycles.